The minimum absolute atomic E-state index is 0.104. The van der Waals surface area contributed by atoms with Gasteiger partial charge < -0.3 is 19.4 Å². The zero-order valence-corrected chi connectivity index (χ0v) is 17.9. The summed E-state index contributed by atoms with van der Waals surface area (Å²) in [7, 11) is 0.327. The van der Waals surface area contributed by atoms with Crippen LogP contribution in [0.4, 0.5) is 5.69 Å². The molecule has 158 valence electrons. The molecule has 0 aliphatic carbocycles. The summed E-state index contributed by atoms with van der Waals surface area (Å²) in [6, 6.07) is 6.51. The molecule has 0 radical (unpaired) electrons. The van der Waals surface area contributed by atoms with Gasteiger partial charge in [0.25, 0.3) is 0 Å². The minimum Gasteiger partial charge on any atom is -0.495 e. The molecule has 9 nitrogen and oxygen atoms in total. The van der Waals surface area contributed by atoms with Crippen LogP contribution in [-0.2, 0) is 26.6 Å². The van der Waals surface area contributed by atoms with Crippen molar-refractivity contribution in [2.75, 3.05) is 32.6 Å². The predicted molar refractivity (Wildman–Crippen MR) is 108 cm³/mol. The number of hydrogen-bond acceptors (Lipinski definition) is 6. The molecule has 0 unspecified atom stereocenters. The van der Waals surface area contributed by atoms with E-state index in [0.29, 0.717) is 11.4 Å². The number of ether oxygens (including phenoxy) is 2. The molecule has 0 bridgehead atoms. The average Bonchev–Trinajstić information content (AvgIpc) is 3.04. The van der Waals surface area contributed by atoms with Crippen molar-refractivity contribution in [2.24, 2.45) is 7.05 Å². The number of carbonyl (C=O) groups is 2. The molecule has 0 saturated carbocycles. The van der Waals surface area contributed by atoms with Gasteiger partial charge >= 0.3 is 5.97 Å². The third-order valence-corrected chi connectivity index (χ3v) is 5.94. The number of nitrogens with one attached hydrogen (secondary N) is 1. The Labute approximate surface area is 170 Å². The maximum Gasteiger partial charge on any atom is 0.354 e. The number of amides is 1. The van der Waals surface area contributed by atoms with Gasteiger partial charge in [-0.2, -0.15) is 4.31 Å². The van der Waals surface area contributed by atoms with E-state index in [1.807, 2.05) is 13.0 Å². The molecule has 0 saturated heterocycles. The van der Waals surface area contributed by atoms with Crippen molar-refractivity contribution in [2.45, 2.75) is 18.7 Å². The lowest BCUT2D eigenvalue weighted by molar-refractivity contribution is -0.116. The number of anilines is 1. The van der Waals surface area contributed by atoms with Crippen molar-refractivity contribution < 1.29 is 27.5 Å². The molecule has 1 aromatic heterocycles. The predicted octanol–water partition coefficient (Wildman–Crippen LogP) is 1.78. The van der Waals surface area contributed by atoms with Crippen molar-refractivity contribution in [1.29, 1.82) is 0 Å². The first-order valence-electron chi connectivity index (χ1n) is 8.84. The Balaban J connectivity index is 2.16. The molecule has 29 heavy (non-hydrogen) atoms. The van der Waals surface area contributed by atoms with E-state index in [-0.39, 0.29) is 17.2 Å². The maximum atomic E-state index is 12.8. The summed E-state index contributed by atoms with van der Waals surface area (Å²) in [5, 5.41) is 2.66. The zero-order valence-electron chi connectivity index (χ0n) is 17.1. The largest absolute Gasteiger partial charge is 0.495 e. The smallest absolute Gasteiger partial charge is 0.354 e. The summed E-state index contributed by atoms with van der Waals surface area (Å²) in [5.41, 5.74) is 1.47. The van der Waals surface area contributed by atoms with Crippen molar-refractivity contribution in [3.8, 4) is 5.75 Å². The molecule has 1 amide bonds. The lowest BCUT2D eigenvalue weighted by atomic mass is 10.2. The van der Waals surface area contributed by atoms with Gasteiger partial charge in [-0.1, -0.05) is 6.07 Å². The first kappa shape index (κ1) is 22.4. The second-order valence-corrected chi connectivity index (χ2v) is 8.45. The molecule has 0 aliphatic heterocycles. The second-order valence-electron chi connectivity index (χ2n) is 6.41. The fourth-order valence-electron chi connectivity index (χ4n) is 2.66. The van der Waals surface area contributed by atoms with Gasteiger partial charge in [0.05, 0.1) is 25.9 Å². The molecule has 1 N–H and O–H groups in total. The van der Waals surface area contributed by atoms with Gasteiger partial charge in [-0.05, 0) is 37.6 Å². The number of sulfonamides is 1. The number of carbonyl (C=O) groups excluding carboxylic acids is 2. The van der Waals surface area contributed by atoms with Crippen LogP contribution in [0.3, 0.4) is 0 Å². The maximum absolute atomic E-state index is 12.8. The van der Waals surface area contributed by atoms with Gasteiger partial charge in [0, 0.05) is 20.3 Å². The summed E-state index contributed by atoms with van der Waals surface area (Å²) in [6.07, 6.45) is 1.31. The summed E-state index contributed by atoms with van der Waals surface area (Å²) in [4.78, 5) is 24.2. The molecule has 10 heteroatoms. The Morgan fingerprint density at radius 3 is 2.55 bits per heavy atom. The van der Waals surface area contributed by atoms with Gasteiger partial charge in [-0.15, -0.1) is 0 Å². The topological polar surface area (TPSA) is 107 Å². The van der Waals surface area contributed by atoms with E-state index >= 15 is 0 Å². The number of rotatable bonds is 8. The first-order chi connectivity index (χ1) is 13.6. The second kappa shape index (κ2) is 9.10. The lowest BCUT2D eigenvalue weighted by Crippen LogP contribution is -2.34. The Hall–Kier alpha value is -2.85. The fourth-order valence-corrected chi connectivity index (χ4v) is 3.86. The zero-order chi connectivity index (χ0) is 21.8. The van der Waals surface area contributed by atoms with Gasteiger partial charge in [-0.3, -0.25) is 4.79 Å². The molecule has 0 atom stereocenters. The van der Waals surface area contributed by atoms with E-state index in [1.165, 1.54) is 31.0 Å². The van der Waals surface area contributed by atoms with Crippen LogP contribution < -0.4 is 10.1 Å². The summed E-state index contributed by atoms with van der Waals surface area (Å²) >= 11 is 0. The number of esters is 1. The molecule has 2 rings (SSSR count). The van der Waals surface area contributed by atoms with Crippen LogP contribution in [0.15, 0.2) is 35.4 Å². The Morgan fingerprint density at radius 1 is 1.24 bits per heavy atom. The molecule has 0 aliphatic rings. The van der Waals surface area contributed by atoms with E-state index in [9.17, 15) is 18.0 Å². The fraction of sp³-hybridized carbons (Fsp3) is 0.368. The van der Waals surface area contributed by atoms with Crippen LogP contribution in [0.1, 0.15) is 23.0 Å². The van der Waals surface area contributed by atoms with Crippen molar-refractivity contribution in [3.63, 3.8) is 0 Å². The Morgan fingerprint density at radius 2 is 1.93 bits per heavy atom. The van der Waals surface area contributed by atoms with Crippen molar-refractivity contribution in [1.82, 2.24) is 8.87 Å². The number of nitrogens with zero attached hydrogens (tertiary/aromatic N) is 2. The molecular weight excluding hydrogens is 398 g/mol. The first-order valence-corrected chi connectivity index (χ1v) is 10.3. The normalized spacial score (nSPS) is 11.4. The molecule has 0 spiro atoms. The van der Waals surface area contributed by atoms with Gasteiger partial charge in [-0.25, -0.2) is 13.2 Å². The van der Waals surface area contributed by atoms with Crippen LogP contribution >= 0.6 is 0 Å². The molecule has 1 aromatic carbocycles. The standard InChI is InChI=1S/C19H25N3O6S/c1-6-28-19(24)16-10-14(11-21(16)3)29(25,26)22(4)12-18(23)20-15-9-13(2)7-8-17(15)27-5/h7-11H,6,12H2,1-5H3,(H,20,23). The quantitative estimate of drug-likeness (QED) is 0.649. The molecule has 1 heterocycles. The number of methoxy groups -OCH3 is 1. The summed E-state index contributed by atoms with van der Waals surface area (Å²) < 4.78 is 38.0. The van der Waals surface area contributed by atoms with E-state index in [2.05, 4.69) is 5.32 Å². The van der Waals surface area contributed by atoms with E-state index in [4.69, 9.17) is 9.47 Å². The number of likely N-dealkylation sites (N-methyl/N-ethyl adjacent to an activating group) is 1. The lowest BCUT2D eigenvalue weighted by Gasteiger charge is -2.17. The highest BCUT2D eigenvalue weighted by atomic mass is 32.2. The third-order valence-electron chi connectivity index (χ3n) is 4.17. The average molecular weight is 423 g/mol. The molecular formula is C19H25N3O6S. The summed E-state index contributed by atoms with van der Waals surface area (Å²) in [6.45, 7) is 3.29. The highest BCUT2D eigenvalue weighted by Gasteiger charge is 2.27. The SMILES string of the molecule is CCOC(=O)c1cc(S(=O)(=O)N(C)CC(=O)Nc2cc(C)ccc2OC)cn1C. The van der Waals surface area contributed by atoms with Crippen molar-refractivity contribution >= 4 is 27.6 Å². The van der Waals surface area contributed by atoms with Crippen LogP contribution in [0.5, 0.6) is 5.75 Å². The molecule has 0 fully saturated rings. The van der Waals surface area contributed by atoms with E-state index in [1.54, 1.807) is 26.1 Å². The Bertz CT molecular complexity index is 1010. The molecule has 2 aromatic rings. The minimum atomic E-state index is -3.99. The highest BCUT2D eigenvalue weighted by molar-refractivity contribution is 7.89. The number of benzene rings is 1. The highest BCUT2D eigenvalue weighted by Crippen LogP contribution is 2.25. The number of hydrogen-bond donors (Lipinski definition) is 1. The van der Waals surface area contributed by atoms with Crippen LogP contribution in [0, 0.1) is 6.92 Å². The summed E-state index contributed by atoms with van der Waals surface area (Å²) in [5.74, 6) is -0.679. The monoisotopic (exact) mass is 423 g/mol. The van der Waals surface area contributed by atoms with Gasteiger partial charge in [0.2, 0.25) is 15.9 Å². The van der Waals surface area contributed by atoms with E-state index < -0.39 is 28.4 Å². The van der Waals surface area contributed by atoms with Crippen LogP contribution in [0.2, 0.25) is 0 Å². The van der Waals surface area contributed by atoms with E-state index in [0.717, 1.165) is 9.87 Å². The Kier molecular flexibility index (Phi) is 7.04. The number of aryl methyl sites for hydroxylation is 2. The van der Waals surface area contributed by atoms with Gasteiger partial charge in [0.1, 0.15) is 16.3 Å². The third kappa shape index (κ3) is 5.15. The van der Waals surface area contributed by atoms with Crippen LogP contribution in [0.25, 0.3) is 0 Å². The van der Waals surface area contributed by atoms with Crippen molar-refractivity contribution in [3.05, 3.63) is 41.7 Å². The number of aromatic nitrogens is 1. The van der Waals surface area contributed by atoms with Gasteiger partial charge in [0.15, 0.2) is 0 Å². The van der Waals surface area contributed by atoms with Crippen LogP contribution in [-0.4, -0.2) is 56.5 Å².